The summed E-state index contributed by atoms with van der Waals surface area (Å²) in [6.07, 6.45) is 0.839. The molecule has 2 heterocycles. The van der Waals surface area contributed by atoms with Gasteiger partial charge in [0.2, 0.25) is 5.91 Å². The van der Waals surface area contributed by atoms with Gasteiger partial charge in [-0.25, -0.2) is 9.97 Å². The number of aliphatic hydroxyl groups is 1. The van der Waals surface area contributed by atoms with Gasteiger partial charge in [0.25, 0.3) is 0 Å². The van der Waals surface area contributed by atoms with E-state index < -0.39 is 6.10 Å². The number of nitrogens with zero attached hydrogens (tertiary/aromatic N) is 4. The minimum atomic E-state index is -0.634. The quantitative estimate of drug-likeness (QED) is 0.674. The highest BCUT2D eigenvalue weighted by molar-refractivity contribution is 5.97. The summed E-state index contributed by atoms with van der Waals surface area (Å²) in [6, 6.07) is 21.0. The zero-order chi connectivity index (χ0) is 20.1. The van der Waals surface area contributed by atoms with Crippen LogP contribution >= 0.6 is 0 Å². The molecule has 0 spiro atoms. The minimum absolute atomic E-state index is 0.0371. The molecule has 3 aromatic rings. The van der Waals surface area contributed by atoms with Crippen LogP contribution in [0.25, 0.3) is 0 Å². The third-order valence-electron chi connectivity index (χ3n) is 4.93. The molecule has 148 valence electrons. The standard InChI is InChI=1S/C22H23N5O2/c28-19(17-7-3-1-4-8-17)14-23-20-13-21(25-16-24-20)26-11-12-27(22(29)15-26)18-9-5-2-6-10-18/h1-10,13,16,19,28H,11-12,14-15H2,(H,23,24,25). The van der Waals surface area contributed by atoms with E-state index in [0.29, 0.717) is 31.3 Å². The predicted octanol–water partition coefficient (Wildman–Crippen LogP) is 2.48. The minimum Gasteiger partial charge on any atom is -0.387 e. The number of nitrogens with one attached hydrogen (secondary N) is 1. The van der Waals surface area contributed by atoms with Crippen molar-refractivity contribution in [3.63, 3.8) is 0 Å². The molecule has 4 rings (SSSR count). The lowest BCUT2D eigenvalue weighted by molar-refractivity contribution is -0.117. The van der Waals surface area contributed by atoms with Gasteiger partial charge in [-0.2, -0.15) is 0 Å². The maximum Gasteiger partial charge on any atom is 0.246 e. The van der Waals surface area contributed by atoms with Crippen molar-refractivity contribution in [1.82, 2.24) is 9.97 Å². The summed E-state index contributed by atoms with van der Waals surface area (Å²) in [7, 11) is 0. The first-order chi connectivity index (χ1) is 14.2. The molecule has 1 aromatic heterocycles. The predicted molar refractivity (Wildman–Crippen MR) is 113 cm³/mol. The molecule has 7 nitrogen and oxygen atoms in total. The van der Waals surface area contributed by atoms with Crippen molar-refractivity contribution >= 4 is 23.2 Å². The zero-order valence-corrected chi connectivity index (χ0v) is 16.0. The first kappa shape index (κ1) is 18.9. The Morgan fingerprint density at radius 1 is 1.00 bits per heavy atom. The molecule has 0 bridgehead atoms. The molecule has 1 aliphatic rings. The number of carbonyl (C=O) groups excluding carboxylic acids is 1. The van der Waals surface area contributed by atoms with Crippen LogP contribution in [0, 0.1) is 0 Å². The van der Waals surface area contributed by atoms with Crippen molar-refractivity contribution in [2.75, 3.05) is 41.3 Å². The number of carbonyl (C=O) groups is 1. The van der Waals surface area contributed by atoms with E-state index in [4.69, 9.17) is 0 Å². The van der Waals surface area contributed by atoms with Gasteiger partial charge in [0.05, 0.1) is 12.6 Å². The van der Waals surface area contributed by atoms with Crippen molar-refractivity contribution < 1.29 is 9.90 Å². The van der Waals surface area contributed by atoms with Crippen molar-refractivity contribution in [2.45, 2.75) is 6.10 Å². The van der Waals surface area contributed by atoms with Crippen molar-refractivity contribution in [3.8, 4) is 0 Å². The van der Waals surface area contributed by atoms with E-state index in [0.717, 1.165) is 11.3 Å². The summed E-state index contributed by atoms with van der Waals surface area (Å²) in [6.45, 7) is 1.88. The Morgan fingerprint density at radius 2 is 1.72 bits per heavy atom. The maximum atomic E-state index is 12.6. The van der Waals surface area contributed by atoms with Crippen LogP contribution < -0.4 is 15.1 Å². The van der Waals surface area contributed by atoms with E-state index in [2.05, 4.69) is 15.3 Å². The second-order valence-electron chi connectivity index (χ2n) is 6.87. The summed E-state index contributed by atoms with van der Waals surface area (Å²) in [5.74, 6) is 1.34. The molecule has 1 unspecified atom stereocenters. The largest absolute Gasteiger partial charge is 0.387 e. The molecule has 1 saturated heterocycles. The molecule has 29 heavy (non-hydrogen) atoms. The Labute approximate surface area is 169 Å². The molecule has 1 fully saturated rings. The summed E-state index contributed by atoms with van der Waals surface area (Å²) < 4.78 is 0. The molecule has 7 heteroatoms. The van der Waals surface area contributed by atoms with E-state index >= 15 is 0 Å². The van der Waals surface area contributed by atoms with Gasteiger partial charge < -0.3 is 20.2 Å². The van der Waals surface area contributed by atoms with Crippen LogP contribution in [0.3, 0.4) is 0 Å². The van der Waals surface area contributed by atoms with Crippen LogP contribution in [-0.2, 0) is 4.79 Å². The van der Waals surface area contributed by atoms with Crippen LogP contribution in [0.4, 0.5) is 17.3 Å². The summed E-state index contributed by atoms with van der Waals surface area (Å²) >= 11 is 0. The Morgan fingerprint density at radius 3 is 2.45 bits per heavy atom. The van der Waals surface area contributed by atoms with Crippen molar-refractivity contribution in [1.29, 1.82) is 0 Å². The number of para-hydroxylation sites is 1. The average molecular weight is 389 g/mol. The number of benzene rings is 2. The van der Waals surface area contributed by atoms with E-state index in [1.807, 2.05) is 71.6 Å². The zero-order valence-electron chi connectivity index (χ0n) is 16.0. The lowest BCUT2D eigenvalue weighted by Gasteiger charge is -2.35. The van der Waals surface area contributed by atoms with E-state index in [1.165, 1.54) is 6.33 Å². The Kier molecular flexibility index (Phi) is 5.67. The lowest BCUT2D eigenvalue weighted by atomic mass is 10.1. The van der Waals surface area contributed by atoms with Gasteiger partial charge in [-0.3, -0.25) is 4.79 Å². The second-order valence-corrected chi connectivity index (χ2v) is 6.87. The summed E-state index contributed by atoms with van der Waals surface area (Å²) in [5, 5.41) is 13.5. The second kappa shape index (κ2) is 8.70. The first-order valence-electron chi connectivity index (χ1n) is 9.60. The van der Waals surface area contributed by atoms with E-state index in [1.54, 1.807) is 4.90 Å². The fraction of sp³-hybridized carbons (Fsp3) is 0.227. The third-order valence-corrected chi connectivity index (χ3v) is 4.93. The lowest BCUT2D eigenvalue weighted by Crippen LogP contribution is -2.50. The van der Waals surface area contributed by atoms with Crippen molar-refractivity contribution in [3.05, 3.63) is 78.6 Å². The molecular formula is C22H23N5O2. The van der Waals surface area contributed by atoms with Gasteiger partial charge in [0.15, 0.2) is 0 Å². The molecular weight excluding hydrogens is 366 g/mol. The fourth-order valence-electron chi connectivity index (χ4n) is 3.36. The summed E-state index contributed by atoms with van der Waals surface area (Å²) in [5.41, 5.74) is 1.76. The summed E-state index contributed by atoms with van der Waals surface area (Å²) in [4.78, 5) is 24.9. The highest BCUT2D eigenvalue weighted by Gasteiger charge is 2.26. The average Bonchev–Trinajstić information content (AvgIpc) is 2.79. The monoisotopic (exact) mass is 389 g/mol. The first-order valence-corrected chi connectivity index (χ1v) is 9.60. The third kappa shape index (κ3) is 4.52. The van der Waals surface area contributed by atoms with Crippen LogP contribution in [0.5, 0.6) is 0 Å². The molecule has 0 radical (unpaired) electrons. The number of anilines is 3. The molecule has 0 saturated carbocycles. The van der Waals surface area contributed by atoms with Gasteiger partial charge in [-0.1, -0.05) is 48.5 Å². The molecule has 2 N–H and O–H groups in total. The highest BCUT2D eigenvalue weighted by Crippen LogP contribution is 2.21. The van der Waals surface area contributed by atoms with Crippen molar-refractivity contribution in [2.24, 2.45) is 0 Å². The number of hydrogen-bond donors (Lipinski definition) is 2. The molecule has 1 amide bonds. The molecule has 0 aliphatic carbocycles. The van der Waals surface area contributed by atoms with E-state index in [-0.39, 0.29) is 12.5 Å². The van der Waals surface area contributed by atoms with Gasteiger partial charge in [0.1, 0.15) is 18.0 Å². The molecule has 2 aromatic carbocycles. The van der Waals surface area contributed by atoms with Gasteiger partial charge in [0, 0.05) is 31.4 Å². The smallest absolute Gasteiger partial charge is 0.246 e. The topological polar surface area (TPSA) is 81.6 Å². The number of amides is 1. The van der Waals surface area contributed by atoms with Gasteiger partial charge in [-0.15, -0.1) is 0 Å². The Balaban J connectivity index is 1.38. The van der Waals surface area contributed by atoms with Gasteiger partial charge >= 0.3 is 0 Å². The van der Waals surface area contributed by atoms with Gasteiger partial charge in [-0.05, 0) is 17.7 Å². The number of rotatable bonds is 6. The normalized spacial score (nSPS) is 15.3. The van der Waals surface area contributed by atoms with Crippen LogP contribution in [-0.4, -0.2) is 47.2 Å². The number of aliphatic hydroxyl groups excluding tert-OH is 1. The number of hydrogen-bond acceptors (Lipinski definition) is 6. The van der Waals surface area contributed by atoms with Crippen LogP contribution in [0.2, 0.25) is 0 Å². The van der Waals surface area contributed by atoms with E-state index in [9.17, 15) is 9.90 Å². The maximum absolute atomic E-state index is 12.6. The fourth-order valence-corrected chi connectivity index (χ4v) is 3.36. The Bertz CT molecular complexity index is 952. The van der Waals surface area contributed by atoms with Crippen LogP contribution in [0.1, 0.15) is 11.7 Å². The number of aromatic nitrogens is 2. The molecule has 1 atom stereocenters. The number of piperazine rings is 1. The molecule has 1 aliphatic heterocycles. The highest BCUT2D eigenvalue weighted by atomic mass is 16.3. The van der Waals surface area contributed by atoms with Crippen LogP contribution in [0.15, 0.2) is 73.1 Å². The SMILES string of the molecule is O=C1CN(c2cc(NCC(O)c3ccccc3)ncn2)CCN1c1ccccc1. The Hall–Kier alpha value is -3.45.